The maximum absolute atomic E-state index is 14.2. The van der Waals surface area contributed by atoms with E-state index in [0.29, 0.717) is 53.6 Å². The van der Waals surface area contributed by atoms with Crippen LogP contribution in [0.5, 0.6) is 23.0 Å². The number of carbonyl (C=O) groups is 1. The second-order valence-corrected chi connectivity index (χ2v) is 11.1. The van der Waals surface area contributed by atoms with Gasteiger partial charge in [0.2, 0.25) is 0 Å². The van der Waals surface area contributed by atoms with E-state index in [1.54, 1.807) is 58.6 Å². The van der Waals surface area contributed by atoms with Crippen LogP contribution in [-0.4, -0.2) is 45.6 Å². The molecule has 5 rings (SSSR count). The van der Waals surface area contributed by atoms with Gasteiger partial charge in [-0.15, -0.1) is 0 Å². The van der Waals surface area contributed by atoms with Crippen LogP contribution >= 0.6 is 27.3 Å². The van der Waals surface area contributed by atoms with Gasteiger partial charge in [0.15, 0.2) is 16.3 Å². The van der Waals surface area contributed by atoms with E-state index in [2.05, 4.69) is 15.9 Å². The molecule has 0 fully saturated rings. The molecular weight excluding hydrogens is 636 g/mol. The second kappa shape index (κ2) is 12.9. The molecule has 0 amide bonds. The first-order chi connectivity index (χ1) is 20.8. The van der Waals surface area contributed by atoms with Gasteiger partial charge in [-0.25, -0.2) is 9.79 Å². The monoisotopic (exact) mass is 664 g/mol. The van der Waals surface area contributed by atoms with Crippen molar-refractivity contribution >= 4 is 45.0 Å². The molecular formula is C32H29BrN2O7S. The van der Waals surface area contributed by atoms with Crippen molar-refractivity contribution in [3.05, 3.63) is 107 Å². The minimum Gasteiger partial charge on any atom is -0.496 e. The number of aromatic nitrogens is 1. The summed E-state index contributed by atoms with van der Waals surface area (Å²) < 4.78 is 30.2. The summed E-state index contributed by atoms with van der Waals surface area (Å²) in [5.74, 6) is 1.52. The van der Waals surface area contributed by atoms with Crippen molar-refractivity contribution in [1.82, 2.24) is 4.57 Å². The van der Waals surface area contributed by atoms with Gasteiger partial charge in [0, 0.05) is 17.2 Å². The molecule has 3 aromatic carbocycles. The van der Waals surface area contributed by atoms with Gasteiger partial charge in [0.05, 0.1) is 61.4 Å². The number of hydrogen-bond donors (Lipinski definition) is 0. The van der Waals surface area contributed by atoms with Gasteiger partial charge in [-0.05, 0) is 52.7 Å². The highest BCUT2D eigenvalue weighted by Gasteiger charge is 2.35. The van der Waals surface area contributed by atoms with Crippen molar-refractivity contribution < 1.29 is 28.5 Å². The van der Waals surface area contributed by atoms with Crippen LogP contribution in [0.15, 0.2) is 80.5 Å². The largest absolute Gasteiger partial charge is 0.496 e. The van der Waals surface area contributed by atoms with Crippen molar-refractivity contribution in [2.45, 2.75) is 13.0 Å². The summed E-state index contributed by atoms with van der Waals surface area (Å²) in [6, 6.07) is 17.4. The molecule has 0 bridgehead atoms. The fourth-order valence-electron chi connectivity index (χ4n) is 4.92. The lowest BCUT2D eigenvalue weighted by molar-refractivity contribution is -0.138. The number of halogens is 1. The third-order valence-electron chi connectivity index (χ3n) is 6.89. The average molecular weight is 666 g/mol. The number of nitrogens with zero attached hydrogens (tertiary/aromatic N) is 2. The highest BCUT2D eigenvalue weighted by atomic mass is 79.9. The summed E-state index contributed by atoms with van der Waals surface area (Å²) >= 11 is 4.74. The SMILES string of the molecule is CCOC(=O)C1=C(c2ccccc2)N=c2s/c(=C\c3cc(Br)c(OC)cc3OC)c(=O)n2[C@H]1c1ccc(OC)c(OC)c1. The molecule has 0 saturated carbocycles. The molecule has 43 heavy (non-hydrogen) atoms. The van der Waals surface area contributed by atoms with E-state index in [1.165, 1.54) is 23.0 Å². The minimum absolute atomic E-state index is 0.152. The molecule has 222 valence electrons. The van der Waals surface area contributed by atoms with Gasteiger partial charge in [0.25, 0.3) is 5.56 Å². The molecule has 4 aromatic rings. The molecule has 0 unspecified atom stereocenters. The number of esters is 1. The van der Waals surface area contributed by atoms with Crippen LogP contribution in [0.25, 0.3) is 11.8 Å². The standard InChI is InChI=1S/C32H29BrN2O7S/c1-6-42-31(37)27-28(18-10-8-7-9-11-18)34-32-35(29(27)19-12-13-22(38-2)25(15-19)41-5)30(36)26(43-32)16-20-14-21(33)24(40-4)17-23(20)39-3/h7-17,29H,6H2,1-5H3/b26-16-/t29-/m0/s1. The highest BCUT2D eigenvalue weighted by Crippen LogP contribution is 2.39. The maximum atomic E-state index is 14.2. The van der Waals surface area contributed by atoms with Crippen molar-refractivity contribution in [3.63, 3.8) is 0 Å². The first-order valence-corrected chi connectivity index (χ1v) is 14.9. The summed E-state index contributed by atoms with van der Waals surface area (Å²) in [6.07, 6.45) is 1.74. The lowest BCUT2D eigenvalue weighted by Crippen LogP contribution is -2.40. The Kier molecular flexibility index (Phi) is 9.02. The highest BCUT2D eigenvalue weighted by molar-refractivity contribution is 9.10. The predicted molar refractivity (Wildman–Crippen MR) is 168 cm³/mol. The van der Waals surface area contributed by atoms with Gasteiger partial charge in [0.1, 0.15) is 11.5 Å². The van der Waals surface area contributed by atoms with Crippen LogP contribution in [0.1, 0.15) is 29.7 Å². The number of methoxy groups -OCH3 is 4. The number of fused-ring (bicyclic) bond motifs is 1. The molecule has 1 aromatic heterocycles. The van der Waals surface area contributed by atoms with Gasteiger partial charge in [-0.2, -0.15) is 0 Å². The first kappa shape index (κ1) is 30.1. The van der Waals surface area contributed by atoms with E-state index in [0.717, 1.165) is 5.56 Å². The molecule has 0 radical (unpaired) electrons. The number of hydrogen-bond acceptors (Lipinski definition) is 9. The predicted octanol–water partition coefficient (Wildman–Crippen LogP) is 4.73. The molecule has 0 N–H and O–H groups in total. The molecule has 2 heterocycles. The van der Waals surface area contributed by atoms with Crippen LogP contribution < -0.4 is 33.8 Å². The zero-order chi connectivity index (χ0) is 30.7. The zero-order valence-electron chi connectivity index (χ0n) is 24.2. The van der Waals surface area contributed by atoms with Crippen LogP contribution in [0.3, 0.4) is 0 Å². The summed E-state index contributed by atoms with van der Waals surface area (Å²) in [7, 11) is 6.20. The lowest BCUT2D eigenvalue weighted by Gasteiger charge is -2.26. The van der Waals surface area contributed by atoms with E-state index in [9.17, 15) is 9.59 Å². The molecule has 9 nitrogen and oxygen atoms in total. The molecule has 0 aliphatic carbocycles. The summed E-state index contributed by atoms with van der Waals surface area (Å²) in [6.45, 7) is 1.89. The number of carbonyl (C=O) groups excluding carboxylic acids is 1. The Morgan fingerprint density at radius 2 is 1.63 bits per heavy atom. The maximum Gasteiger partial charge on any atom is 0.338 e. The Morgan fingerprint density at radius 3 is 2.28 bits per heavy atom. The summed E-state index contributed by atoms with van der Waals surface area (Å²) in [5.41, 5.74) is 2.35. The summed E-state index contributed by atoms with van der Waals surface area (Å²) in [5, 5.41) is 0. The average Bonchev–Trinajstić information content (AvgIpc) is 3.34. The van der Waals surface area contributed by atoms with Gasteiger partial charge in [-0.1, -0.05) is 47.7 Å². The normalized spacial score (nSPS) is 14.6. The Hall–Kier alpha value is -4.35. The van der Waals surface area contributed by atoms with E-state index < -0.39 is 12.0 Å². The number of rotatable bonds is 9. The van der Waals surface area contributed by atoms with Gasteiger partial charge in [-0.3, -0.25) is 9.36 Å². The molecule has 0 saturated heterocycles. The van der Waals surface area contributed by atoms with E-state index in [1.807, 2.05) is 36.4 Å². The quantitative estimate of drug-likeness (QED) is 0.239. The topological polar surface area (TPSA) is 97.6 Å². The Labute approximate surface area is 260 Å². The van der Waals surface area contributed by atoms with Gasteiger partial charge >= 0.3 is 5.97 Å². The Balaban J connectivity index is 1.84. The molecule has 0 spiro atoms. The molecule has 1 atom stereocenters. The van der Waals surface area contributed by atoms with E-state index in [-0.39, 0.29) is 17.7 Å². The van der Waals surface area contributed by atoms with E-state index >= 15 is 0 Å². The lowest BCUT2D eigenvalue weighted by atomic mass is 9.93. The van der Waals surface area contributed by atoms with Crippen LogP contribution in [0, 0.1) is 0 Å². The third-order valence-corrected chi connectivity index (χ3v) is 8.49. The smallest absolute Gasteiger partial charge is 0.338 e. The van der Waals surface area contributed by atoms with Crippen molar-refractivity contribution in [2.24, 2.45) is 4.99 Å². The van der Waals surface area contributed by atoms with E-state index in [4.69, 9.17) is 28.7 Å². The third kappa shape index (κ3) is 5.70. The Morgan fingerprint density at radius 1 is 0.930 bits per heavy atom. The van der Waals surface area contributed by atoms with Crippen molar-refractivity contribution in [2.75, 3.05) is 35.0 Å². The zero-order valence-corrected chi connectivity index (χ0v) is 26.6. The van der Waals surface area contributed by atoms with Crippen LogP contribution in [0.2, 0.25) is 0 Å². The van der Waals surface area contributed by atoms with Crippen molar-refractivity contribution in [3.8, 4) is 23.0 Å². The van der Waals surface area contributed by atoms with Crippen LogP contribution in [0.4, 0.5) is 0 Å². The minimum atomic E-state index is -0.864. The number of benzene rings is 3. The summed E-state index contributed by atoms with van der Waals surface area (Å²) in [4.78, 5) is 33.2. The number of thiazole rings is 1. The van der Waals surface area contributed by atoms with Crippen molar-refractivity contribution in [1.29, 1.82) is 0 Å². The fraction of sp³-hybridized carbons (Fsp3) is 0.219. The Bertz CT molecular complexity index is 1900. The molecule has 1 aliphatic rings. The second-order valence-electron chi connectivity index (χ2n) is 9.27. The first-order valence-electron chi connectivity index (χ1n) is 13.3. The number of ether oxygens (including phenoxy) is 5. The molecule has 11 heteroatoms. The van der Waals surface area contributed by atoms with Crippen LogP contribution in [-0.2, 0) is 9.53 Å². The molecule has 1 aliphatic heterocycles. The van der Waals surface area contributed by atoms with Gasteiger partial charge < -0.3 is 23.7 Å². The fourth-order valence-corrected chi connectivity index (χ4v) is 6.43.